The van der Waals surface area contributed by atoms with Crippen molar-refractivity contribution in [3.8, 4) is 0 Å². The number of rotatable bonds is 0. The predicted molar refractivity (Wildman–Crippen MR) is 48.5 cm³/mol. The molecule has 0 unspecified atom stereocenters. The highest BCUT2D eigenvalue weighted by molar-refractivity contribution is 6.33. The third-order valence-electron chi connectivity index (χ3n) is 1.55. The minimum atomic E-state index is 1.24. The Balaban J connectivity index is 0.000000180. The zero-order valence-corrected chi connectivity index (χ0v) is 7.67. The Bertz CT molecular complexity index is 59.8. The van der Waals surface area contributed by atoms with Gasteiger partial charge < -0.3 is 0 Å². The predicted octanol–water partition coefficient (Wildman–Crippen LogP) is 4.28. The molecule has 1 saturated carbocycles. The molecule has 0 radical (unpaired) electrons. The number of halogens is 2. The van der Waals surface area contributed by atoms with E-state index in [0.29, 0.717) is 0 Å². The fourth-order valence-electron chi connectivity index (χ4n) is 1.06. The van der Waals surface area contributed by atoms with Gasteiger partial charge in [0, 0.05) is 11.1 Å². The zero-order chi connectivity index (χ0) is 7.66. The van der Waals surface area contributed by atoms with E-state index in [1.165, 1.54) is 49.6 Å². The molecule has 0 aliphatic heterocycles. The maximum Gasteiger partial charge on any atom is 0.0156 e. The highest BCUT2D eigenvalue weighted by Gasteiger charge is 1.95. The Morgan fingerprint density at radius 1 is 0.600 bits per heavy atom. The van der Waals surface area contributed by atoms with E-state index < -0.39 is 0 Å². The molecule has 60 valence electrons. The van der Waals surface area contributed by atoms with Crippen LogP contribution in [0.3, 0.4) is 0 Å². The molecule has 1 aliphatic carbocycles. The Morgan fingerprint density at radius 3 is 0.900 bits per heavy atom. The van der Waals surface area contributed by atoms with Crippen LogP contribution in [-0.4, -0.2) is 0 Å². The molecular formula is C8H14Cl2. The van der Waals surface area contributed by atoms with Gasteiger partial charge >= 0.3 is 0 Å². The van der Waals surface area contributed by atoms with Gasteiger partial charge in [-0.2, -0.15) is 0 Å². The molecule has 2 heteroatoms. The molecule has 0 spiro atoms. The number of hydrogen-bond donors (Lipinski definition) is 0. The molecule has 0 aromatic carbocycles. The molecule has 1 fully saturated rings. The molecule has 0 amide bonds. The fraction of sp³-hybridized carbons (Fsp3) is 0.750. The minimum absolute atomic E-state index is 1.24. The fourth-order valence-corrected chi connectivity index (χ4v) is 1.06. The van der Waals surface area contributed by atoms with Crippen LogP contribution < -0.4 is 0 Å². The van der Waals surface area contributed by atoms with Crippen LogP contribution >= 0.6 is 23.2 Å². The quantitative estimate of drug-likeness (QED) is 0.523. The molecule has 10 heavy (non-hydrogen) atoms. The highest BCUT2D eigenvalue weighted by atomic mass is 35.5. The lowest BCUT2D eigenvalue weighted by molar-refractivity contribution is 0.504. The Kier molecular flexibility index (Phi) is 9.62. The van der Waals surface area contributed by atoms with E-state index in [1.54, 1.807) is 0 Å². The van der Waals surface area contributed by atoms with Crippen molar-refractivity contribution in [1.82, 2.24) is 0 Å². The second-order valence-electron chi connectivity index (χ2n) is 2.37. The van der Waals surface area contributed by atoms with Crippen LogP contribution in [0.25, 0.3) is 0 Å². The van der Waals surface area contributed by atoms with Crippen LogP contribution in [0, 0.1) is 0 Å². The summed E-state index contributed by atoms with van der Waals surface area (Å²) >= 11 is 9.75. The molecule has 0 nitrogen and oxygen atoms in total. The monoisotopic (exact) mass is 180 g/mol. The molecule has 1 aliphatic rings. The van der Waals surface area contributed by atoms with Gasteiger partial charge in [0.05, 0.1) is 0 Å². The molecule has 0 atom stereocenters. The van der Waals surface area contributed by atoms with Crippen LogP contribution in [0.5, 0.6) is 0 Å². The smallest absolute Gasteiger partial charge is 0.0156 e. The van der Waals surface area contributed by atoms with Crippen molar-refractivity contribution in [3.05, 3.63) is 11.1 Å². The summed E-state index contributed by atoms with van der Waals surface area (Å²) in [6.45, 7) is 0. The summed E-state index contributed by atoms with van der Waals surface area (Å²) in [5.74, 6) is 0. The summed E-state index contributed by atoms with van der Waals surface area (Å²) in [5.41, 5.74) is 2.48. The summed E-state index contributed by atoms with van der Waals surface area (Å²) in [6, 6.07) is 0. The third kappa shape index (κ3) is 8.32. The molecule has 0 aromatic heterocycles. The van der Waals surface area contributed by atoms with Gasteiger partial charge in [-0.1, -0.05) is 61.7 Å². The van der Waals surface area contributed by atoms with E-state index >= 15 is 0 Å². The lowest BCUT2D eigenvalue weighted by atomic mass is 10.0. The highest BCUT2D eigenvalue weighted by Crippen LogP contribution is 2.15. The van der Waals surface area contributed by atoms with Gasteiger partial charge in [0.25, 0.3) is 0 Å². The van der Waals surface area contributed by atoms with Crippen LogP contribution in [0.15, 0.2) is 11.1 Å². The first kappa shape index (κ1) is 10.3. The largest absolute Gasteiger partial charge is 0.0920 e. The molecular weight excluding hydrogens is 167 g/mol. The lowest BCUT2D eigenvalue weighted by Crippen LogP contribution is -1.85. The maximum atomic E-state index is 4.87. The van der Waals surface area contributed by atoms with E-state index in [9.17, 15) is 0 Å². The Hall–Kier alpha value is 0.320. The third-order valence-corrected chi connectivity index (χ3v) is 1.93. The second-order valence-corrected chi connectivity index (χ2v) is 2.88. The average Bonchev–Trinajstić information content (AvgIpc) is 2.08. The van der Waals surface area contributed by atoms with E-state index in [4.69, 9.17) is 23.2 Å². The van der Waals surface area contributed by atoms with Gasteiger partial charge in [-0.15, -0.1) is 0 Å². The van der Waals surface area contributed by atoms with Crippen LogP contribution in [0.2, 0.25) is 0 Å². The molecule has 1 rings (SSSR count). The maximum absolute atomic E-state index is 4.87. The minimum Gasteiger partial charge on any atom is -0.0920 e. The van der Waals surface area contributed by atoms with E-state index in [0.717, 1.165) is 0 Å². The van der Waals surface area contributed by atoms with E-state index in [2.05, 4.69) is 0 Å². The Morgan fingerprint density at radius 2 is 0.800 bits per heavy atom. The van der Waals surface area contributed by atoms with Crippen molar-refractivity contribution in [2.24, 2.45) is 0 Å². The van der Waals surface area contributed by atoms with Gasteiger partial charge in [0.2, 0.25) is 0 Å². The SMILES string of the molecule is C1CCCCC1.Cl/C=C/Cl. The molecule has 0 N–H and O–H groups in total. The van der Waals surface area contributed by atoms with Gasteiger partial charge in [-0.05, 0) is 0 Å². The van der Waals surface area contributed by atoms with Crippen molar-refractivity contribution < 1.29 is 0 Å². The average molecular weight is 181 g/mol. The normalized spacial score (nSPS) is 18.2. The van der Waals surface area contributed by atoms with Crippen LogP contribution in [0.1, 0.15) is 38.5 Å². The summed E-state index contributed by atoms with van der Waals surface area (Å²) < 4.78 is 0. The van der Waals surface area contributed by atoms with Crippen molar-refractivity contribution in [2.45, 2.75) is 38.5 Å². The van der Waals surface area contributed by atoms with Gasteiger partial charge in [-0.3, -0.25) is 0 Å². The molecule has 0 saturated heterocycles. The summed E-state index contributed by atoms with van der Waals surface area (Å²) in [4.78, 5) is 0. The Labute approximate surface area is 73.2 Å². The van der Waals surface area contributed by atoms with Crippen molar-refractivity contribution in [1.29, 1.82) is 0 Å². The van der Waals surface area contributed by atoms with Gasteiger partial charge in [0.15, 0.2) is 0 Å². The standard InChI is InChI=1S/C6H12.C2H2Cl2/c1-2-4-6-5-3-1;3-1-2-4/h1-6H2;1-2H/b;2-1+. The first-order valence-electron chi connectivity index (χ1n) is 3.77. The van der Waals surface area contributed by atoms with Gasteiger partial charge in [0.1, 0.15) is 0 Å². The summed E-state index contributed by atoms with van der Waals surface area (Å²) in [5, 5.41) is 0. The number of hydrogen-bond acceptors (Lipinski definition) is 0. The van der Waals surface area contributed by atoms with Crippen molar-refractivity contribution in [2.75, 3.05) is 0 Å². The van der Waals surface area contributed by atoms with E-state index in [-0.39, 0.29) is 0 Å². The first-order chi connectivity index (χ1) is 4.91. The summed E-state index contributed by atoms with van der Waals surface area (Å²) in [7, 11) is 0. The van der Waals surface area contributed by atoms with Crippen LogP contribution in [0.4, 0.5) is 0 Å². The first-order valence-corrected chi connectivity index (χ1v) is 4.64. The van der Waals surface area contributed by atoms with Gasteiger partial charge in [-0.25, -0.2) is 0 Å². The van der Waals surface area contributed by atoms with Crippen LogP contribution in [-0.2, 0) is 0 Å². The van der Waals surface area contributed by atoms with Crippen molar-refractivity contribution >= 4 is 23.2 Å². The van der Waals surface area contributed by atoms with Crippen molar-refractivity contribution in [3.63, 3.8) is 0 Å². The topological polar surface area (TPSA) is 0 Å². The lowest BCUT2D eigenvalue weighted by Gasteiger charge is -2.05. The zero-order valence-electron chi connectivity index (χ0n) is 6.15. The molecule has 0 heterocycles. The van der Waals surface area contributed by atoms with E-state index in [1.807, 2.05) is 0 Å². The molecule has 0 aromatic rings. The molecule has 0 bridgehead atoms. The summed E-state index contributed by atoms with van der Waals surface area (Å²) in [6.07, 6.45) is 9.00. The second kappa shape index (κ2) is 9.32.